The van der Waals surface area contributed by atoms with Crippen molar-refractivity contribution in [2.45, 2.75) is 32.7 Å². The number of amides is 1. The van der Waals surface area contributed by atoms with E-state index in [0.29, 0.717) is 11.3 Å². The molecule has 0 spiro atoms. The van der Waals surface area contributed by atoms with Crippen LogP contribution in [-0.4, -0.2) is 16.6 Å². The average molecular weight is 180 g/mol. The number of carbonyl (C=O) groups excluding carboxylic acids is 1. The first-order chi connectivity index (χ1) is 5.99. The van der Waals surface area contributed by atoms with Crippen molar-refractivity contribution in [1.82, 2.24) is 10.5 Å². The van der Waals surface area contributed by atoms with Gasteiger partial charge in [0.15, 0.2) is 0 Å². The summed E-state index contributed by atoms with van der Waals surface area (Å²) in [6, 6.07) is 0. The summed E-state index contributed by atoms with van der Waals surface area (Å²) in [6.45, 7) is 5.69. The van der Waals surface area contributed by atoms with E-state index >= 15 is 0 Å². The molecule has 0 fully saturated rings. The Bertz CT molecular complexity index is 366. The molecule has 1 aromatic rings. The molecule has 0 aromatic carbocycles. The third-order valence-corrected chi connectivity index (χ3v) is 2.22. The number of aromatic nitrogens is 1. The molecule has 0 atom stereocenters. The highest BCUT2D eigenvalue weighted by Gasteiger charge is 2.34. The van der Waals surface area contributed by atoms with Crippen molar-refractivity contribution in [2.75, 3.05) is 0 Å². The largest absolute Gasteiger partial charge is 0.361 e. The minimum Gasteiger partial charge on any atom is -0.361 e. The maximum absolute atomic E-state index is 11.6. The topological polar surface area (TPSA) is 55.1 Å². The maximum Gasteiger partial charge on any atom is 0.257 e. The molecule has 1 N–H and O–H groups in total. The molecular formula is C9H12N2O2. The van der Waals surface area contributed by atoms with Crippen LogP contribution in [0, 0.1) is 6.92 Å². The van der Waals surface area contributed by atoms with Gasteiger partial charge in [0.2, 0.25) is 0 Å². The Morgan fingerprint density at radius 2 is 2.23 bits per heavy atom. The van der Waals surface area contributed by atoms with Gasteiger partial charge in [0.25, 0.3) is 5.91 Å². The highest BCUT2D eigenvalue weighted by molar-refractivity contribution is 5.97. The van der Waals surface area contributed by atoms with Gasteiger partial charge in [-0.1, -0.05) is 5.16 Å². The van der Waals surface area contributed by atoms with Gasteiger partial charge in [-0.05, 0) is 20.8 Å². The predicted octanol–water partition coefficient (Wildman–Crippen LogP) is 1.05. The van der Waals surface area contributed by atoms with Crippen LogP contribution in [0.5, 0.6) is 0 Å². The third kappa shape index (κ3) is 1.22. The molecule has 0 aliphatic carbocycles. The summed E-state index contributed by atoms with van der Waals surface area (Å²) >= 11 is 0. The summed E-state index contributed by atoms with van der Waals surface area (Å²) < 4.78 is 4.97. The molecule has 0 bridgehead atoms. The van der Waals surface area contributed by atoms with Crippen molar-refractivity contribution in [2.24, 2.45) is 0 Å². The van der Waals surface area contributed by atoms with Crippen LogP contribution in [0.2, 0.25) is 0 Å². The molecule has 0 unspecified atom stereocenters. The number of fused-ring (bicyclic) bond motifs is 1. The predicted molar refractivity (Wildman–Crippen MR) is 46.5 cm³/mol. The zero-order valence-electron chi connectivity index (χ0n) is 7.97. The first-order valence-corrected chi connectivity index (χ1v) is 4.27. The Balaban J connectivity index is 2.51. The average Bonchev–Trinajstić information content (AvgIpc) is 2.28. The lowest BCUT2D eigenvalue weighted by Gasteiger charge is -2.29. The smallest absolute Gasteiger partial charge is 0.257 e. The minimum absolute atomic E-state index is 0.0787. The van der Waals surface area contributed by atoms with Crippen LogP contribution in [0.1, 0.15) is 35.7 Å². The van der Waals surface area contributed by atoms with E-state index < -0.39 is 0 Å². The molecule has 0 saturated heterocycles. The van der Waals surface area contributed by atoms with Gasteiger partial charge in [0.1, 0.15) is 11.3 Å². The lowest BCUT2D eigenvalue weighted by atomic mass is 9.91. The molecule has 2 heterocycles. The normalized spacial score (nSPS) is 19.5. The number of hydrogen-bond acceptors (Lipinski definition) is 3. The molecule has 0 radical (unpaired) electrons. The zero-order valence-corrected chi connectivity index (χ0v) is 7.97. The van der Waals surface area contributed by atoms with E-state index in [1.54, 1.807) is 6.92 Å². The summed E-state index contributed by atoms with van der Waals surface area (Å²) in [5, 5.41) is 6.77. The van der Waals surface area contributed by atoms with Crippen molar-refractivity contribution in [1.29, 1.82) is 0 Å². The molecule has 1 amide bonds. The van der Waals surface area contributed by atoms with Crippen LogP contribution in [0.25, 0.3) is 0 Å². The summed E-state index contributed by atoms with van der Waals surface area (Å²) in [5.74, 6) is 0.521. The monoisotopic (exact) mass is 180 g/mol. The maximum atomic E-state index is 11.6. The van der Waals surface area contributed by atoms with E-state index in [1.807, 2.05) is 13.8 Å². The summed E-state index contributed by atoms with van der Waals surface area (Å²) in [7, 11) is 0. The van der Waals surface area contributed by atoms with Crippen molar-refractivity contribution in [3.05, 3.63) is 17.0 Å². The molecule has 0 saturated carbocycles. The van der Waals surface area contributed by atoms with E-state index in [4.69, 9.17) is 4.52 Å². The molecular weight excluding hydrogens is 168 g/mol. The van der Waals surface area contributed by atoms with Gasteiger partial charge in [-0.15, -0.1) is 0 Å². The Kier molecular flexibility index (Phi) is 1.49. The molecule has 4 nitrogen and oxygen atoms in total. The van der Waals surface area contributed by atoms with Gasteiger partial charge in [0, 0.05) is 12.0 Å². The fraction of sp³-hybridized carbons (Fsp3) is 0.556. The molecule has 13 heavy (non-hydrogen) atoms. The van der Waals surface area contributed by atoms with E-state index in [2.05, 4.69) is 10.5 Å². The number of hydrogen-bond donors (Lipinski definition) is 1. The van der Waals surface area contributed by atoms with Crippen LogP contribution in [0.4, 0.5) is 0 Å². The van der Waals surface area contributed by atoms with Crippen LogP contribution in [0.15, 0.2) is 4.52 Å². The lowest BCUT2D eigenvalue weighted by Crippen LogP contribution is -2.49. The lowest BCUT2D eigenvalue weighted by molar-refractivity contribution is 0.0896. The SMILES string of the molecule is Cc1onc2c1C(=O)NC(C)(C)C2. The van der Waals surface area contributed by atoms with Crippen LogP contribution >= 0.6 is 0 Å². The van der Waals surface area contributed by atoms with Gasteiger partial charge in [-0.3, -0.25) is 4.79 Å². The number of carbonyl (C=O) groups is 1. The number of rotatable bonds is 0. The molecule has 1 aliphatic rings. The second-order valence-electron chi connectivity index (χ2n) is 4.08. The number of nitrogens with one attached hydrogen (secondary N) is 1. The van der Waals surface area contributed by atoms with E-state index in [1.165, 1.54) is 0 Å². The first kappa shape index (κ1) is 8.29. The van der Waals surface area contributed by atoms with Gasteiger partial charge in [-0.25, -0.2) is 0 Å². The first-order valence-electron chi connectivity index (χ1n) is 4.27. The summed E-state index contributed by atoms with van der Waals surface area (Å²) in [5.41, 5.74) is 1.17. The Labute approximate surface area is 76.3 Å². The zero-order chi connectivity index (χ0) is 9.64. The highest BCUT2D eigenvalue weighted by Crippen LogP contribution is 2.24. The quantitative estimate of drug-likeness (QED) is 0.649. The van der Waals surface area contributed by atoms with Crippen LogP contribution in [-0.2, 0) is 6.42 Å². The summed E-state index contributed by atoms with van der Waals surface area (Å²) in [6.07, 6.45) is 0.728. The van der Waals surface area contributed by atoms with E-state index in [0.717, 1.165) is 12.1 Å². The standard InChI is InChI=1S/C9H12N2O2/c1-5-7-6(11-13-5)4-9(2,3)10-8(7)12/h4H2,1-3H3,(H,10,12). The summed E-state index contributed by atoms with van der Waals surface area (Å²) in [4.78, 5) is 11.6. The number of aryl methyl sites for hydroxylation is 1. The molecule has 1 aliphatic heterocycles. The van der Waals surface area contributed by atoms with E-state index in [-0.39, 0.29) is 11.4 Å². The van der Waals surface area contributed by atoms with E-state index in [9.17, 15) is 4.79 Å². The fourth-order valence-electron chi connectivity index (χ4n) is 1.66. The fourth-order valence-corrected chi connectivity index (χ4v) is 1.66. The molecule has 1 aromatic heterocycles. The van der Waals surface area contributed by atoms with Crippen molar-refractivity contribution >= 4 is 5.91 Å². The minimum atomic E-state index is -0.215. The van der Waals surface area contributed by atoms with Gasteiger partial charge in [-0.2, -0.15) is 0 Å². The third-order valence-electron chi connectivity index (χ3n) is 2.22. The Morgan fingerprint density at radius 3 is 2.92 bits per heavy atom. The number of nitrogens with zero attached hydrogens (tertiary/aromatic N) is 1. The highest BCUT2D eigenvalue weighted by atomic mass is 16.5. The van der Waals surface area contributed by atoms with Gasteiger partial charge >= 0.3 is 0 Å². The Morgan fingerprint density at radius 1 is 1.54 bits per heavy atom. The van der Waals surface area contributed by atoms with Crippen molar-refractivity contribution in [3.63, 3.8) is 0 Å². The van der Waals surface area contributed by atoms with Crippen LogP contribution < -0.4 is 5.32 Å². The van der Waals surface area contributed by atoms with Crippen LogP contribution in [0.3, 0.4) is 0 Å². The van der Waals surface area contributed by atoms with Gasteiger partial charge in [0.05, 0.1) is 5.69 Å². The van der Waals surface area contributed by atoms with Gasteiger partial charge < -0.3 is 9.84 Å². The second-order valence-corrected chi connectivity index (χ2v) is 4.08. The molecule has 70 valence electrons. The molecule has 4 heteroatoms. The van der Waals surface area contributed by atoms with Crippen molar-refractivity contribution in [3.8, 4) is 0 Å². The van der Waals surface area contributed by atoms with Crippen molar-refractivity contribution < 1.29 is 9.32 Å². The Hall–Kier alpha value is -1.32. The molecule has 2 rings (SSSR count). The second kappa shape index (κ2) is 2.34.